The molecule has 2 heterocycles. The van der Waals surface area contributed by atoms with Crippen molar-refractivity contribution in [2.45, 2.75) is 19.8 Å². The van der Waals surface area contributed by atoms with Gasteiger partial charge in [0.2, 0.25) is 0 Å². The molecule has 3 nitrogen and oxygen atoms in total. The van der Waals surface area contributed by atoms with Crippen LogP contribution in [0.4, 0.5) is 0 Å². The largest absolute Gasteiger partial charge is 0.341 e. The van der Waals surface area contributed by atoms with Gasteiger partial charge in [-0.3, -0.25) is 9.78 Å². The molecule has 4 heteroatoms. The Kier molecular flexibility index (Phi) is 4.68. The Balaban J connectivity index is 1.96. The highest BCUT2D eigenvalue weighted by Gasteiger charge is 2.16. The lowest BCUT2D eigenvalue weighted by Crippen LogP contribution is -2.28. The lowest BCUT2D eigenvalue weighted by atomic mass is 10.1. The van der Waals surface area contributed by atoms with Gasteiger partial charge in [0, 0.05) is 26.0 Å². The number of aromatic nitrogens is 1. The quantitative estimate of drug-likeness (QED) is 0.839. The number of pyridine rings is 1. The summed E-state index contributed by atoms with van der Waals surface area (Å²) in [4.78, 5) is 19.0. The SMILES string of the molecule is CCc1ccsc1C(=O)N(C)CCc1ccncc1. The third-order valence-electron chi connectivity index (χ3n) is 3.15. The number of carbonyl (C=O) groups is 1. The van der Waals surface area contributed by atoms with Gasteiger partial charge in [0.25, 0.3) is 5.91 Å². The summed E-state index contributed by atoms with van der Waals surface area (Å²) in [5.41, 5.74) is 2.35. The number of rotatable bonds is 5. The number of thiophene rings is 1. The minimum Gasteiger partial charge on any atom is -0.341 e. The standard InChI is InChI=1S/C15H18N2OS/c1-3-13-7-11-19-14(13)15(18)17(2)10-6-12-4-8-16-9-5-12/h4-5,7-9,11H,3,6,10H2,1-2H3. The van der Waals surface area contributed by atoms with E-state index in [4.69, 9.17) is 0 Å². The number of amides is 1. The number of hydrogen-bond donors (Lipinski definition) is 0. The summed E-state index contributed by atoms with van der Waals surface area (Å²) in [6.45, 7) is 2.81. The lowest BCUT2D eigenvalue weighted by Gasteiger charge is -2.17. The summed E-state index contributed by atoms with van der Waals surface area (Å²) < 4.78 is 0. The minimum absolute atomic E-state index is 0.126. The van der Waals surface area contributed by atoms with Crippen molar-refractivity contribution < 1.29 is 4.79 Å². The smallest absolute Gasteiger partial charge is 0.263 e. The number of hydrogen-bond acceptors (Lipinski definition) is 3. The molecule has 0 saturated heterocycles. The molecule has 0 aliphatic heterocycles. The molecule has 100 valence electrons. The molecule has 2 rings (SSSR count). The Labute approximate surface area is 117 Å². The van der Waals surface area contributed by atoms with Crippen molar-refractivity contribution in [2.24, 2.45) is 0 Å². The zero-order valence-corrected chi connectivity index (χ0v) is 12.1. The van der Waals surface area contributed by atoms with Gasteiger partial charge in [-0.25, -0.2) is 0 Å². The molecular formula is C15H18N2OS. The van der Waals surface area contributed by atoms with Gasteiger partial charge in [0.05, 0.1) is 4.88 Å². The zero-order chi connectivity index (χ0) is 13.7. The maximum Gasteiger partial charge on any atom is 0.263 e. The Morgan fingerprint density at radius 2 is 2.05 bits per heavy atom. The number of aryl methyl sites for hydroxylation is 1. The van der Waals surface area contributed by atoms with E-state index in [0.717, 1.165) is 29.8 Å². The van der Waals surface area contributed by atoms with E-state index in [0.29, 0.717) is 0 Å². The Bertz CT molecular complexity index is 536. The third-order valence-corrected chi connectivity index (χ3v) is 4.10. The second-order valence-electron chi connectivity index (χ2n) is 4.46. The summed E-state index contributed by atoms with van der Waals surface area (Å²) in [5, 5.41) is 1.99. The highest BCUT2D eigenvalue weighted by atomic mass is 32.1. The summed E-state index contributed by atoms with van der Waals surface area (Å²) in [7, 11) is 1.86. The third kappa shape index (κ3) is 3.41. The first-order valence-electron chi connectivity index (χ1n) is 6.43. The van der Waals surface area contributed by atoms with Gasteiger partial charge in [-0.2, -0.15) is 0 Å². The van der Waals surface area contributed by atoms with E-state index in [1.807, 2.05) is 30.6 Å². The van der Waals surface area contributed by atoms with E-state index in [1.165, 1.54) is 16.9 Å². The summed E-state index contributed by atoms with van der Waals surface area (Å²) in [6, 6.07) is 6.01. The van der Waals surface area contributed by atoms with Crippen LogP contribution in [0, 0.1) is 0 Å². The van der Waals surface area contributed by atoms with E-state index < -0.39 is 0 Å². The summed E-state index contributed by atoms with van der Waals surface area (Å²) in [5.74, 6) is 0.126. The van der Waals surface area contributed by atoms with Crippen molar-refractivity contribution in [2.75, 3.05) is 13.6 Å². The molecule has 1 amide bonds. The van der Waals surface area contributed by atoms with E-state index >= 15 is 0 Å². The van der Waals surface area contributed by atoms with Gasteiger partial charge in [-0.05, 0) is 47.5 Å². The van der Waals surface area contributed by atoms with Crippen LogP contribution in [-0.2, 0) is 12.8 Å². The molecule has 0 fully saturated rings. The highest BCUT2D eigenvalue weighted by molar-refractivity contribution is 7.12. The van der Waals surface area contributed by atoms with Crippen LogP contribution in [-0.4, -0.2) is 29.4 Å². The van der Waals surface area contributed by atoms with Crippen LogP contribution < -0.4 is 0 Å². The van der Waals surface area contributed by atoms with Crippen LogP contribution in [0.2, 0.25) is 0 Å². The van der Waals surface area contributed by atoms with Crippen molar-refractivity contribution in [3.05, 3.63) is 52.0 Å². The van der Waals surface area contributed by atoms with Gasteiger partial charge in [-0.1, -0.05) is 6.92 Å². The first-order chi connectivity index (χ1) is 9.22. The zero-order valence-electron chi connectivity index (χ0n) is 11.3. The van der Waals surface area contributed by atoms with Gasteiger partial charge in [0.1, 0.15) is 0 Å². The Morgan fingerprint density at radius 3 is 2.74 bits per heavy atom. The monoisotopic (exact) mass is 274 g/mol. The predicted molar refractivity (Wildman–Crippen MR) is 78.6 cm³/mol. The molecule has 2 aromatic rings. The van der Waals surface area contributed by atoms with E-state index in [1.54, 1.807) is 17.3 Å². The number of carbonyl (C=O) groups excluding carboxylic acids is 1. The second-order valence-corrected chi connectivity index (χ2v) is 5.38. The van der Waals surface area contributed by atoms with Crippen LogP contribution in [0.25, 0.3) is 0 Å². The molecule has 0 aliphatic carbocycles. The molecular weight excluding hydrogens is 256 g/mol. The molecule has 0 unspecified atom stereocenters. The second kappa shape index (κ2) is 6.48. The van der Waals surface area contributed by atoms with E-state index in [-0.39, 0.29) is 5.91 Å². The average molecular weight is 274 g/mol. The first kappa shape index (κ1) is 13.7. The maximum atomic E-state index is 12.3. The first-order valence-corrected chi connectivity index (χ1v) is 7.31. The van der Waals surface area contributed by atoms with Crippen LogP contribution in [0.5, 0.6) is 0 Å². The Morgan fingerprint density at radius 1 is 1.32 bits per heavy atom. The van der Waals surface area contributed by atoms with Gasteiger partial charge in [-0.15, -0.1) is 11.3 Å². The molecule has 0 bridgehead atoms. The van der Waals surface area contributed by atoms with Gasteiger partial charge >= 0.3 is 0 Å². The molecule has 0 spiro atoms. The van der Waals surface area contributed by atoms with Crippen LogP contribution in [0.3, 0.4) is 0 Å². The molecule has 0 aromatic carbocycles. The molecule has 0 atom stereocenters. The van der Waals surface area contributed by atoms with Crippen LogP contribution in [0.15, 0.2) is 36.0 Å². The number of nitrogens with zero attached hydrogens (tertiary/aromatic N) is 2. The molecule has 0 radical (unpaired) electrons. The highest BCUT2D eigenvalue weighted by Crippen LogP contribution is 2.19. The van der Waals surface area contributed by atoms with Crippen molar-refractivity contribution in [3.63, 3.8) is 0 Å². The van der Waals surface area contributed by atoms with Crippen molar-refractivity contribution in [1.29, 1.82) is 0 Å². The van der Waals surface area contributed by atoms with Crippen molar-refractivity contribution in [3.8, 4) is 0 Å². The maximum absolute atomic E-state index is 12.3. The molecule has 0 aliphatic rings. The van der Waals surface area contributed by atoms with Crippen molar-refractivity contribution in [1.82, 2.24) is 9.88 Å². The van der Waals surface area contributed by atoms with E-state index in [2.05, 4.69) is 11.9 Å². The van der Waals surface area contributed by atoms with Crippen molar-refractivity contribution >= 4 is 17.2 Å². The van der Waals surface area contributed by atoms with Gasteiger partial charge < -0.3 is 4.90 Å². The fourth-order valence-electron chi connectivity index (χ4n) is 1.92. The topological polar surface area (TPSA) is 33.2 Å². The van der Waals surface area contributed by atoms with Gasteiger partial charge in [0.15, 0.2) is 0 Å². The van der Waals surface area contributed by atoms with Crippen LogP contribution >= 0.6 is 11.3 Å². The summed E-state index contributed by atoms with van der Waals surface area (Å²) in [6.07, 6.45) is 5.33. The molecule has 0 saturated carbocycles. The predicted octanol–water partition coefficient (Wildman–Crippen LogP) is 3.02. The fourth-order valence-corrected chi connectivity index (χ4v) is 2.91. The Hall–Kier alpha value is -1.68. The summed E-state index contributed by atoms with van der Waals surface area (Å²) >= 11 is 1.53. The minimum atomic E-state index is 0.126. The van der Waals surface area contributed by atoms with E-state index in [9.17, 15) is 4.79 Å². The molecule has 0 N–H and O–H groups in total. The number of likely N-dealkylation sites (N-methyl/N-ethyl adjacent to an activating group) is 1. The van der Waals surface area contributed by atoms with Crippen LogP contribution in [0.1, 0.15) is 27.7 Å². The molecule has 2 aromatic heterocycles. The molecule has 19 heavy (non-hydrogen) atoms. The normalized spacial score (nSPS) is 10.4. The average Bonchev–Trinajstić information content (AvgIpc) is 2.93. The fraction of sp³-hybridized carbons (Fsp3) is 0.333. The lowest BCUT2D eigenvalue weighted by molar-refractivity contribution is 0.0800.